The van der Waals surface area contributed by atoms with Gasteiger partial charge < -0.3 is 9.47 Å². The predicted octanol–water partition coefficient (Wildman–Crippen LogP) is 5.95. The molecule has 0 aliphatic rings. The molecule has 0 unspecified atom stereocenters. The van der Waals surface area contributed by atoms with Crippen molar-refractivity contribution >= 4 is 10.7 Å². The number of hydrogen-bond acceptors (Lipinski definition) is 4. The van der Waals surface area contributed by atoms with E-state index in [0.29, 0.717) is 11.5 Å². The second-order valence-electron chi connectivity index (χ2n) is 8.74. The summed E-state index contributed by atoms with van der Waals surface area (Å²) in [6.45, 7) is 10.5. The third-order valence-electron chi connectivity index (χ3n) is 4.86. The van der Waals surface area contributed by atoms with Gasteiger partial charge in [0.1, 0.15) is 22.8 Å². The zero-order valence-corrected chi connectivity index (χ0v) is 18.9. The van der Waals surface area contributed by atoms with E-state index < -0.39 is 10.7 Å². The molecular weight excluding hydrogens is 396 g/mol. The summed E-state index contributed by atoms with van der Waals surface area (Å²) < 4.78 is 33.7. The van der Waals surface area contributed by atoms with Crippen LogP contribution in [0.3, 0.4) is 0 Å². The maximum atomic E-state index is 11.0. The van der Waals surface area contributed by atoms with Gasteiger partial charge in [0.05, 0.1) is 4.90 Å². The van der Waals surface area contributed by atoms with E-state index in [4.69, 9.17) is 9.47 Å². The smallest absolute Gasteiger partial charge is 0.168 e. The lowest BCUT2D eigenvalue weighted by atomic mass is 9.78. The lowest BCUT2D eigenvalue weighted by molar-refractivity contribution is 0.131. The molecule has 5 heteroatoms. The minimum atomic E-state index is -2.58. The Morgan fingerprint density at radius 3 is 1.40 bits per heavy atom. The zero-order chi connectivity index (χ0) is 21.9. The van der Waals surface area contributed by atoms with Crippen molar-refractivity contribution < 1.29 is 17.9 Å². The first-order chi connectivity index (χ1) is 14.0. The molecule has 3 rings (SSSR count). The zero-order valence-electron chi connectivity index (χ0n) is 18.0. The van der Waals surface area contributed by atoms with Gasteiger partial charge >= 0.3 is 0 Å². The van der Waals surface area contributed by atoms with Gasteiger partial charge in [0, 0.05) is 5.41 Å². The highest BCUT2D eigenvalue weighted by molar-refractivity contribution is 7.72. The average Bonchev–Trinajstić information content (AvgIpc) is 2.68. The largest absolute Gasteiger partial charge is 0.488 e. The fourth-order valence-electron chi connectivity index (χ4n) is 3.17. The highest BCUT2D eigenvalue weighted by Gasteiger charge is 2.23. The third kappa shape index (κ3) is 5.42. The topological polar surface area (TPSA) is 52.6 Å². The van der Waals surface area contributed by atoms with E-state index in [2.05, 4.69) is 38.1 Å². The molecule has 0 radical (unpaired) electrons. The average molecular weight is 425 g/mol. The van der Waals surface area contributed by atoms with Crippen molar-refractivity contribution in [2.24, 2.45) is 0 Å². The molecule has 0 saturated heterocycles. The Balaban J connectivity index is 1.74. The van der Waals surface area contributed by atoms with Gasteiger partial charge in [-0.2, -0.15) is 0 Å². The SMILES string of the molecule is CC(C)(C)Oc1ccc(C(C)(C)c2ccc(Oc3ccc([SH](=O)=O)cc3)cc2)cc1. The summed E-state index contributed by atoms with van der Waals surface area (Å²) in [4.78, 5) is 0.272. The predicted molar refractivity (Wildman–Crippen MR) is 120 cm³/mol. The van der Waals surface area contributed by atoms with Crippen LogP contribution in [0.15, 0.2) is 77.7 Å². The van der Waals surface area contributed by atoms with Crippen LogP contribution in [0.1, 0.15) is 45.7 Å². The van der Waals surface area contributed by atoms with Gasteiger partial charge in [0.25, 0.3) is 0 Å². The van der Waals surface area contributed by atoms with E-state index in [1.54, 1.807) is 12.1 Å². The summed E-state index contributed by atoms with van der Waals surface area (Å²) >= 11 is 0. The van der Waals surface area contributed by atoms with E-state index in [1.807, 2.05) is 45.0 Å². The molecule has 0 spiro atoms. The van der Waals surface area contributed by atoms with Crippen LogP contribution >= 0.6 is 0 Å². The first kappa shape index (κ1) is 21.9. The molecule has 0 atom stereocenters. The van der Waals surface area contributed by atoms with Crippen molar-refractivity contribution in [3.8, 4) is 17.2 Å². The summed E-state index contributed by atoms with van der Waals surface area (Å²) in [7, 11) is -2.58. The van der Waals surface area contributed by atoms with Crippen LogP contribution in [0.5, 0.6) is 17.2 Å². The van der Waals surface area contributed by atoms with Crippen LogP contribution in [0.4, 0.5) is 0 Å². The standard InChI is InChI=1S/C25H28O4S/c1-24(2,3)29-22-12-8-19(9-13-22)25(4,5)18-6-10-20(11-7-18)28-21-14-16-23(17-15-21)30(26)27/h6-17,30H,1-5H3. The molecule has 30 heavy (non-hydrogen) atoms. The summed E-state index contributed by atoms with van der Waals surface area (Å²) in [6, 6.07) is 22.6. The Hall–Kier alpha value is -2.79. The second kappa shape index (κ2) is 8.52. The van der Waals surface area contributed by atoms with Crippen LogP contribution in [-0.2, 0) is 16.1 Å². The Morgan fingerprint density at radius 1 is 0.600 bits per heavy atom. The normalized spacial score (nSPS) is 12.1. The molecule has 0 heterocycles. The lowest BCUT2D eigenvalue weighted by Gasteiger charge is -2.27. The number of hydrogen-bond donors (Lipinski definition) is 1. The Kier molecular flexibility index (Phi) is 6.22. The monoisotopic (exact) mass is 424 g/mol. The summed E-state index contributed by atoms with van der Waals surface area (Å²) in [5, 5.41) is 0. The molecule has 4 nitrogen and oxygen atoms in total. The van der Waals surface area contributed by atoms with Crippen molar-refractivity contribution in [2.75, 3.05) is 0 Å². The highest BCUT2D eigenvalue weighted by Crippen LogP contribution is 2.34. The minimum Gasteiger partial charge on any atom is -0.488 e. The maximum absolute atomic E-state index is 11.0. The Labute approximate surface area is 180 Å². The van der Waals surface area contributed by atoms with Gasteiger partial charge in [-0.25, -0.2) is 8.42 Å². The maximum Gasteiger partial charge on any atom is 0.168 e. The van der Waals surface area contributed by atoms with E-state index in [0.717, 1.165) is 11.3 Å². The Bertz CT molecular complexity index is 1050. The van der Waals surface area contributed by atoms with Gasteiger partial charge in [-0.1, -0.05) is 38.1 Å². The molecule has 158 valence electrons. The van der Waals surface area contributed by atoms with Crippen molar-refractivity contribution in [1.82, 2.24) is 0 Å². The molecule has 0 bridgehead atoms. The third-order valence-corrected chi connectivity index (χ3v) is 5.58. The van der Waals surface area contributed by atoms with Crippen molar-refractivity contribution in [1.29, 1.82) is 0 Å². The summed E-state index contributed by atoms with van der Waals surface area (Å²) in [6.07, 6.45) is 0. The van der Waals surface area contributed by atoms with Crippen LogP contribution in [0.25, 0.3) is 0 Å². The van der Waals surface area contributed by atoms with E-state index in [-0.39, 0.29) is 15.9 Å². The molecular formula is C25H28O4S. The van der Waals surface area contributed by atoms with E-state index in [1.165, 1.54) is 17.7 Å². The highest BCUT2D eigenvalue weighted by atomic mass is 32.2. The fourth-order valence-corrected chi connectivity index (χ4v) is 3.56. The van der Waals surface area contributed by atoms with Gasteiger partial charge in [-0.15, -0.1) is 0 Å². The second-order valence-corrected chi connectivity index (χ2v) is 9.77. The molecule has 0 saturated carbocycles. The van der Waals surface area contributed by atoms with Crippen molar-refractivity contribution in [2.45, 2.75) is 50.5 Å². The van der Waals surface area contributed by atoms with Gasteiger partial charge in [-0.3, -0.25) is 0 Å². The first-order valence-electron chi connectivity index (χ1n) is 9.87. The van der Waals surface area contributed by atoms with Crippen molar-refractivity contribution in [3.63, 3.8) is 0 Å². The molecule has 0 aliphatic heterocycles. The molecule has 3 aromatic rings. The molecule has 0 fully saturated rings. The fraction of sp³-hybridized carbons (Fsp3) is 0.280. The minimum absolute atomic E-state index is 0.181. The van der Waals surface area contributed by atoms with E-state index >= 15 is 0 Å². The van der Waals surface area contributed by atoms with Crippen LogP contribution in [0, 0.1) is 0 Å². The Morgan fingerprint density at radius 2 is 1.00 bits per heavy atom. The van der Waals surface area contributed by atoms with Crippen LogP contribution in [-0.4, -0.2) is 14.0 Å². The molecule has 0 N–H and O–H groups in total. The molecule has 0 aliphatic carbocycles. The van der Waals surface area contributed by atoms with Gasteiger partial charge in [0.15, 0.2) is 10.7 Å². The number of ether oxygens (including phenoxy) is 2. The summed E-state index contributed by atoms with van der Waals surface area (Å²) in [5.41, 5.74) is 1.96. The van der Waals surface area contributed by atoms with Gasteiger partial charge in [0.2, 0.25) is 0 Å². The quantitative estimate of drug-likeness (QED) is 0.497. The van der Waals surface area contributed by atoms with E-state index in [9.17, 15) is 8.42 Å². The molecule has 3 aromatic carbocycles. The molecule has 0 aromatic heterocycles. The first-order valence-corrected chi connectivity index (χ1v) is 11.0. The number of benzene rings is 3. The summed E-state index contributed by atoms with van der Waals surface area (Å²) in [5.74, 6) is 2.15. The number of thiol groups is 1. The van der Waals surface area contributed by atoms with Crippen LogP contribution in [0.2, 0.25) is 0 Å². The number of rotatable bonds is 6. The van der Waals surface area contributed by atoms with Gasteiger partial charge in [-0.05, 0) is 80.4 Å². The lowest BCUT2D eigenvalue weighted by Crippen LogP contribution is -2.23. The van der Waals surface area contributed by atoms with Crippen LogP contribution < -0.4 is 9.47 Å². The van der Waals surface area contributed by atoms with Crippen molar-refractivity contribution in [3.05, 3.63) is 83.9 Å². The molecule has 0 amide bonds.